The van der Waals surface area contributed by atoms with Gasteiger partial charge < -0.3 is 10.0 Å². The predicted molar refractivity (Wildman–Crippen MR) is 47.9 cm³/mol. The fourth-order valence-electron chi connectivity index (χ4n) is 0.893. The van der Waals surface area contributed by atoms with Gasteiger partial charge in [-0.2, -0.15) is 0 Å². The molecular formula is C6H5BClNO4. The average molecular weight is 201 g/mol. The third-order valence-electron chi connectivity index (χ3n) is 1.47. The zero-order chi connectivity index (χ0) is 10.0. The predicted octanol–water partition coefficient (Wildman–Crippen LogP) is -0.0720. The van der Waals surface area contributed by atoms with Crippen molar-refractivity contribution < 1.29 is 15.0 Å². The molecule has 0 heterocycles. The van der Waals surface area contributed by atoms with Crippen LogP contribution in [0.5, 0.6) is 0 Å². The standard InChI is InChI=1S/C6H5BClNO4/c8-4-1-2-5(7(10)11)6(3-4)9(12)13/h1-3,10-11H. The Balaban J connectivity index is 3.27. The van der Waals surface area contributed by atoms with E-state index in [2.05, 4.69) is 0 Å². The molecule has 68 valence electrons. The van der Waals surface area contributed by atoms with E-state index < -0.39 is 17.7 Å². The van der Waals surface area contributed by atoms with Crippen molar-refractivity contribution >= 4 is 29.9 Å². The highest BCUT2D eigenvalue weighted by Gasteiger charge is 2.23. The van der Waals surface area contributed by atoms with Gasteiger partial charge in [0.15, 0.2) is 0 Å². The highest BCUT2D eigenvalue weighted by Crippen LogP contribution is 2.15. The molecule has 0 aliphatic heterocycles. The number of hydrogen-bond donors (Lipinski definition) is 2. The summed E-state index contributed by atoms with van der Waals surface area (Å²) in [6.45, 7) is 0. The average Bonchev–Trinajstić information content (AvgIpc) is 2.03. The van der Waals surface area contributed by atoms with Crippen LogP contribution in [0.3, 0.4) is 0 Å². The molecule has 0 saturated heterocycles. The lowest BCUT2D eigenvalue weighted by Crippen LogP contribution is -2.31. The maximum atomic E-state index is 10.4. The minimum Gasteiger partial charge on any atom is -0.423 e. The van der Waals surface area contributed by atoms with Crippen LogP contribution in [0, 0.1) is 10.1 Å². The van der Waals surface area contributed by atoms with Crippen molar-refractivity contribution in [2.24, 2.45) is 0 Å². The molecule has 0 spiro atoms. The first-order valence-corrected chi connectivity index (χ1v) is 3.70. The highest BCUT2D eigenvalue weighted by molar-refractivity contribution is 6.60. The summed E-state index contributed by atoms with van der Waals surface area (Å²) >= 11 is 5.50. The van der Waals surface area contributed by atoms with Crippen molar-refractivity contribution in [3.05, 3.63) is 33.3 Å². The molecular weight excluding hydrogens is 196 g/mol. The summed E-state index contributed by atoms with van der Waals surface area (Å²) < 4.78 is 0. The molecule has 13 heavy (non-hydrogen) atoms. The largest absolute Gasteiger partial charge is 0.495 e. The van der Waals surface area contributed by atoms with E-state index in [-0.39, 0.29) is 10.5 Å². The molecule has 2 N–H and O–H groups in total. The molecule has 0 amide bonds. The van der Waals surface area contributed by atoms with E-state index in [0.717, 1.165) is 6.07 Å². The van der Waals surface area contributed by atoms with Crippen LogP contribution in [0.4, 0.5) is 5.69 Å². The minimum absolute atomic E-state index is 0.172. The summed E-state index contributed by atoms with van der Waals surface area (Å²) in [7, 11) is -1.86. The van der Waals surface area contributed by atoms with E-state index in [1.165, 1.54) is 12.1 Å². The van der Waals surface area contributed by atoms with E-state index in [1.54, 1.807) is 0 Å². The van der Waals surface area contributed by atoms with Crippen molar-refractivity contribution in [1.29, 1.82) is 0 Å². The number of benzene rings is 1. The number of nitro benzene ring substituents is 1. The van der Waals surface area contributed by atoms with Gasteiger partial charge in [0.1, 0.15) is 0 Å². The van der Waals surface area contributed by atoms with Gasteiger partial charge in [0.25, 0.3) is 5.69 Å². The smallest absolute Gasteiger partial charge is 0.423 e. The molecule has 1 aromatic rings. The second-order valence-corrected chi connectivity index (χ2v) is 2.77. The molecule has 1 rings (SSSR count). The molecule has 0 unspecified atom stereocenters. The van der Waals surface area contributed by atoms with Gasteiger partial charge in [-0.1, -0.05) is 17.7 Å². The maximum absolute atomic E-state index is 10.4. The normalized spacial score (nSPS) is 9.77. The van der Waals surface area contributed by atoms with Crippen LogP contribution in [0.1, 0.15) is 0 Å². The van der Waals surface area contributed by atoms with Gasteiger partial charge in [0.05, 0.1) is 10.4 Å². The van der Waals surface area contributed by atoms with Gasteiger partial charge in [0, 0.05) is 11.1 Å². The quantitative estimate of drug-likeness (QED) is 0.398. The molecule has 0 aromatic heterocycles. The number of hydrogen-bond acceptors (Lipinski definition) is 4. The maximum Gasteiger partial charge on any atom is 0.495 e. The van der Waals surface area contributed by atoms with Gasteiger partial charge in [-0.15, -0.1) is 0 Å². The summed E-state index contributed by atoms with van der Waals surface area (Å²) in [6.07, 6.45) is 0. The van der Waals surface area contributed by atoms with Crippen LogP contribution in [0.15, 0.2) is 18.2 Å². The van der Waals surface area contributed by atoms with Crippen LogP contribution in [-0.4, -0.2) is 22.1 Å². The highest BCUT2D eigenvalue weighted by atomic mass is 35.5. The second-order valence-electron chi connectivity index (χ2n) is 2.33. The third kappa shape index (κ3) is 2.18. The van der Waals surface area contributed by atoms with Crippen molar-refractivity contribution in [3.8, 4) is 0 Å². The van der Waals surface area contributed by atoms with Gasteiger partial charge >= 0.3 is 7.12 Å². The molecule has 0 aliphatic rings. The lowest BCUT2D eigenvalue weighted by atomic mass is 9.79. The van der Waals surface area contributed by atoms with Gasteiger partial charge in [-0.25, -0.2) is 0 Å². The molecule has 0 fully saturated rings. The molecule has 7 heteroatoms. The topological polar surface area (TPSA) is 83.6 Å². The molecule has 0 bridgehead atoms. The Labute approximate surface area is 78.9 Å². The van der Waals surface area contributed by atoms with Crippen LogP contribution in [0.25, 0.3) is 0 Å². The first-order chi connectivity index (χ1) is 6.02. The Morgan fingerprint density at radius 1 is 1.46 bits per heavy atom. The fourth-order valence-corrected chi connectivity index (χ4v) is 1.06. The Hall–Kier alpha value is -1.11. The van der Waals surface area contributed by atoms with E-state index in [1.807, 2.05) is 0 Å². The lowest BCUT2D eigenvalue weighted by molar-refractivity contribution is -0.383. The number of nitrogens with zero attached hydrogens (tertiary/aromatic N) is 1. The first-order valence-electron chi connectivity index (χ1n) is 3.32. The van der Waals surface area contributed by atoms with E-state index in [9.17, 15) is 10.1 Å². The Morgan fingerprint density at radius 2 is 2.08 bits per heavy atom. The molecule has 0 saturated carbocycles. The van der Waals surface area contributed by atoms with E-state index in [4.69, 9.17) is 21.6 Å². The monoisotopic (exact) mass is 201 g/mol. The Bertz CT molecular complexity index is 343. The van der Waals surface area contributed by atoms with Crippen molar-refractivity contribution in [2.75, 3.05) is 0 Å². The molecule has 0 aliphatic carbocycles. The number of nitro groups is 1. The van der Waals surface area contributed by atoms with E-state index in [0.29, 0.717) is 0 Å². The summed E-state index contributed by atoms with van der Waals surface area (Å²) in [5, 5.41) is 28.1. The Morgan fingerprint density at radius 3 is 2.54 bits per heavy atom. The molecule has 5 nitrogen and oxygen atoms in total. The summed E-state index contributed by atoms with van der Waals surface area (Å²) in [4.78, 5) is 9.68. The minimum atomic E-state index is -1.86. The van der Waals surface area contributed by atoms with Gasteiger partial charge in [-0.05, 0) is 6.07 Å². The third-order valence-corrected chi connectivity index (χ3v) is 1.70. The van der Waals surface area contributed by atoms with Crippen LogP contribution in [-0.2, 0) is 0 Å². The molecule has 0 atom stereocenters. The molecule has 1 aromatic carbocycles. The van der Waals surface area contributed by atoms with Gasteiger partial charge in [-0.3, -0.25) is 10.1 Å². The Kier molecular flexibility index (Phi) is 2.87. The van der Waals surface area contributed by atoms with Crippen molar-refractivity contribution in [1.82, 2.24) is 0 Å². The zero-order valence-corrected chi connectivity index (χ0v) is 7.10. The lowest BCUT2D eigenvalue weighted by Gasteiger charge is -2.00. The summed E-state index contributed by atoms with van der Waals surface area (Å²) in [5.41, 5.74) is -0.572. The van der Waals surface area contributed by atoms with Crippen molar-refractivity contribution in [2.45, 2.75) is 0 Å². The summed E-state index contributed by atoms with van der Waals surface area (Å²) in [5.74, 6) is 0. The fraction of sp³-hybridized carbons (Fsp3) is 0. The summed E-state index contributed by atoms with van der Waals surface area (Å²) in [6, 6.07) is 3.62. The zero-order valence-electron chi connectivity index (χ0n) is 6.35. The number of rotatable bonds is 2. The van der Waals surface area contributed by atoms with Gasteiger partial charge in [0.2, 0.25) is 0 Å². The van der Waals surface area contributed by atoms with Crippen LogP contribution >= 0.6 is 11.6 Å². The van der Waals surface area contributed by atoms with Crippen LogP contribution < -0.4 is 5.46 Å². The number of halogens is 1. The SMILES string of the molecule is O=[N+]([O-])c1cc(Cl)ccc1B(O)O. The second kappa shape index (κ2) is 3.74. The van der Waals surface area contributed by atoms with Crippen molar-refractivity contribution in [3.63, 3.8) is 0 Å². The molecule has 0 radical (unpaired) electrons. The van der Waals surface area contributed by atoms with Crippen LogP contribution in [0.2, 0.25) is 5.02 Å². The van der Waals surface area contributed by atoms with E-state index >= 15 is 0 Å². The first kappa shape index (κ1) is 9.98.